The van der Waals surface area contributed by atoms with Crippen molar-refractivity contribution in [2.75, 3.05) is 25.6 Å². The maximum atomic E-state index is 12.5. The highest BCUT2D eigenvalue weighted by Crippen LogP contribution is 2.34. The number of carbonyl (C=O) groups is 1. The lowest BCUT2D eigenvalue weighted by molar-refractivity contribution is -0.274. The van der Waals surface area contributed by atoms with Crippen LogP contribution in [0.5, 0.6) is 5.75 Å². The van der Waals surface area contributed by atoms with E-state index in [1.54, 1.807) is 6.07 Å². The van der Waals surface area contributed by atoms with E-state index in [0.717, 1.165) is 12.8 Å². The molecule has 0 saturated carbocycles. The fourth-order valence-electron chi connectivity index (χ4n) is 3.74. The van der Waals surface area contributed by atoms with E-state index >= 15 is 0 Å². The molecule has 1 N–H and O–H groups in total. The van der Waals surface area contributed by atoms with Gasteiger partial charge in [0.15, 0.2) is 0 Å². The van der Waals surface area contributed by atoms with Gasteiger partial charge in [-0.1, -0.05) is 17.3 Å². The zero-order valence-corrected chi connectivity index (χ0v) is 18.1. The molecule has 1 amide bonds. The first kappa shape index (κ1) is 23.6. The number of alkyl halides is 3. The van der Waals surface area contributed by atoms with Crippen LogP contribution in [-0.2, 0) is 16.1 Å². The highest BCUT2D eigenvalue weighted by Gasteiger charge is 2.33. The van der Waals surface area contributed by atoms with Crippen molar-refractivity contribution in [3.63, 3.8) is 0 Å². The minimum absolute atomic E-state index is 0.146. The second-order valence-electron chi connectivity index (χ2n) is 7.55. The Kier molecular flexibility index (Phi) is 7.03. The van der Waals surface area contributed by atoms with Gasteiger partial charge in [-0.05, 0) is 37.1 Å². The maximum absolute atomic E-state index is 12.5. The van der Waals surface area contributed by atoms with Crippen LogP contribution < -0.4 is 10.1 Å². The van der Waals surface area contributed by atoms with E-state index < -0.39 is 12.3 Å². The van der Waals surface area contributed by atoms with Crippen molar-refractivity contribution in [3.8, 4) is 17.1 Å². The third-order valence-electron chi connectivity index (χ3n) is 5.09. The molecular weight excluding hydrogens is 457 g/mol. The standard InChI is InChI=1S/C21H21F3N6O4/c1-32-11-17(31)27-18-15(9-25-12-26-18)19-28-20(34-29-19)16-6-3-7-30(16)10-13-4-2-5-14(8-13)33-21(22,23)24/h2,4-5,8-9,12,16H,3,6-7,10-11H2,1H3,(H,25,26,27,31)/t16-/m1/s1. The average Bonchev–Trinajstić information content (AvgIpc) is 3.43. The van der Waals surface area contributed by atoms with Crippen molar-refractivity contribution in [1.82, 2.24) is 25.0 Å². The molecule has 0 spiro atoms. The number of rotatable bonds is 8. The molecule has 180 valence electrons. The molecule has 1 atom stereocenters. The van der Waals surface area contributed by atoms with Gasteiger partial charge in [0, 0.05) is 19.9 Å². The second kappa shape index (κ2) is 10.1. The van der Waals surface area contributed by atoms with E-state index in [0.29, 0.717) is 30.1 Å². The summed E-state index contributed by atoms with van der Waals surface area (Å²) in [4.78, 5) is 26.5. The third kappa shape index (κ3) is 5.85. The van der Waals surface area contributed by atoms with Crippen LogP contribution in [0.1, 0.15) is 30.3 Å². The van der Waals surface area contributed by atoms with Crippen molar-refractivity contribution in [1.29, 1.82) is 0 Å². The summed E-state index contributed by atoms with van der Waals surface area (Å²) in [7, 11) is 1.40. The molecule has 1 aliphatic rings. The van der Waals surface area contributed by atoms with E-state index in [4.69, 9.17) is 9.26 Å². The van der Waals surface area contributed by atoms with E-state index in [9.17, 15) is 18.0 Å². The second-order valence-corrected chi connectivity index (χ2v) is 7.55. The smallest absolute Gasteiger partial charge is 0.406 e. The van der Waals surface area contributed by atoms with Gasteiger partial charge in [0.25, 0.3) is 5.91 Å². The van der Waals surface area contributed by atoms with Crippen LogP contribution in [0.4, 0.5) is 19.0 Å². The zero-order chi connectivity index (χ0) is 24.1. The van der Waals surface area contributed by atoms with Crippen LogP contribution in [0.15, 0.2) is 41.3 Å². The number of nitrogens with zero attached hydrogens (tertiary/aromatic N) is 5. The number of carbonyl (C=O) groups excluding carboxylic acids is 1. The number of nitrogens with one attached hydrogen (secondary N) is 1. The zero-order valence-electron chi connectivity index (χ0n) is 18.1. The molecule has 34 heavy (non-hydrogen) atoms. The predicted molar refractivity (Wildman–Crippen MR) is 111 cm³/mol. The lowest BCUT2D eigenvalue weighted by atomic mass is 10.1. The SMILES string of the molecule is COCC(=O)Nc1ncncc1-c1noc([C@H]2CCCN2Cc2cccc(OC(F)(F)F)c2)n1. The first-order valence-electron chi connectivity index (χ1n) is 10.3. The molecular formula is C21H21F3N6O4. The number of hydrogen-bond donors (Lipinski definition) is 1. The Bertz CT molecular complexity index is 1140. The van der Waals surface area contributed by atoms with Gasteiger partial charge in [-0.2, -0.15) is 4.98 Å². The molecule has 2 aromatic heterocycles. The van der Waals surface area contributed by atoms with Crippen molar-refractivity contribution in [3.05, 3.63) is 48.2 Å². The number of aromatic nitrogens is 4. The topological polar surface area (TPSA) is 116 Å². The first-order valence-corrected chi connectivity index (χ1v) is 10.3. The maximum Gasteiger partial charge on any atom is 0.573 e. The van der Waals surface area contributed by atoms with Gasteiger partial charge in [0.1, 0.15) is 24.5 Å². The Hall–Kier alpha value is -3.58. The van der Waals surface area contributed by atoms with Crippen molar-refractivity contribution in [2.24, 2.45) is 0 Å². The fourth-order valence-corrected chi connectivity index (χ4v) is 3.74. The summed E-state index contributed by atoms with van der Waals surface area (Å²) in [6.07, 6.45) is -0.417. The molecule has 3 aromatic rings. The summed E-state index contributed by atoms with van der Waals surface area (Å²) in [5, 5.41) is 6.63. The molecule has 1 saturated heterocycles. The summed E-state index contributed by atoms with van der Waals surface area (Å²) in [6.45, 7) is 0.941. The molecule has 1 fully saturated rings. The summed E-state index contributed by atoms with van der Waals surface area (Å²) in [6, 6.07) is 5.64. The van der Waals surface area contributed by atoms with E-state index in [2.05, 4.69) is 30.2 Å². The largest absolute Gasteiger partial charge is 0.573 e. The van der Waals surface area contributed by atoms with Crippen LogP contribution in [0.2, 0.25) is 0 Å². The average molecular weight is 478 g/mol. The third-order valence-corrected chi connectivity index (χ3v) is 5.09. The normalized spacial score (nSPS) is 16.5. The van der Waals surface area contributed by atoms with Gasteiger partial charge in [0.2, 0.25) is 11.7 Å². The van der Waals surface area contributed by atoms with Gasteiger partial charge in [-0.3, -0.25) is 9.69 Å². The lowest BCUT2D eigenvalue weighted by Gasteiger charge is -2.21. The molecule has 13 heteroatoms. The number of hydrogen-bond acceptors (Lipinski definition) is 9. The molecule has 1 aromatic carbocycles. The monoisotopic (exact) mass is 478 g/mol. The Morgan fingerprint density at radius 1 is 1.35 bits per heavy atom. The number of likely N-dealkylation sites (tertiary alicyclic amines) is 1. The van der Waals surface area contributed by atoms with Crippen molar-refractivity contribution in [2.45, 2.75) is 31.8 Å². The number of anilines is 1. The van der Waals surface area contributed by atoms with Crippen LogP contribution in [0.25, 0.3) is 11.4 Å². The van der Waals surface area contributed by atoms with Gasteiger partial charge in [-0.15, -0.1) is 13.2 Å². The van der Waals surface area contributed by atoms with Crippen LogP contribution in [-0.4, -0.2) is 57.5 Å². The van der Waals surface area contributed by atoms with Gasteiger partial charge >= 0.3 is 6.36 Å². The summed E-state index contributed by atoms with van der Waals surface area (Å²) < 4.78 is 52.0. The Morgan fingerprint density at radius 3 is 3.00 bits per heavy atom. The first-order chi connectivity index (χ1) is 16.3. The summed E-state index contributed by atoms with van der Waals surface area (Å²) in [5.41, 5.74) is 1.04. The molecule has 0 unspecified atom stereocenters. The number of ether oxygens (including phenoxy) is 2. The molecule has 3 heterocycles. The van der Waals surface area contributed by atoms with Crippen molar-refractivity contribution >= 4 is 11.7 Å². The number of halogens is 3. The van der Waals surface area contributed by atoms with E-state index in [1.807, 2.05) is 4.90 Å². The molecule has 10 nitrogen and oxygen atoms in total. The Balaban J connectivity index is 1.50. The number of amides is 1. The summed E-state index contributed by atoms with van der Waals surface area (Å²) >= 11 is 0. The molecule has 1 aliphatic heterocycles. The minimum Gasteiger partial charge on any atom is -0.406 e. The fraction of sp³-hybridized carbons (Fsp3) is 0.381. The molecule has 0 radical (unpaired) electrons. The Labute approximate surface area is 192 Å². The van der Waals surface area contributed by atoms with Crippen LogP contribution in [0.3, 0.4) is 0 Å². The van der Waals surface area contributed by atoms with Gasteiger partial charge in [-0.25, -0.2) is 9.97 Å². The Morgan fingerprint density at radius 2 is 2.21 bits per heavy atom. The van der Waals surface area contributed by atoms with E-state index in [-0.39, 0.29) is 30.0 Å². The summed E-state index contributed by atoms with van der Waals surface area (Å²) in [5.74, 6) is 0.107. The molecule has 0 bridgehead atoms. The van der Waals surface area contributed by atoms with Crippen LogP contribution >= 0.6 is 0 Å². The lowest BCUT2D eigenvalue weighted by Crippen LogP contribution is -2.23. The highest BCUT2D eigenvalue weighted by molar-refractivity contribution is 5.93. The highest BCUT2D eigenvalue weighted by atomic mass is 19.4. The number of benzene rings is 1. The minimum atomic E-state index is -4.75. The van der Waals surface area contributed by atoms with Gasteiger partial charge < -0.3 is 19.3 Å². The molecule has 4 rings (SSSR count). The van der Waals surface area contributed by atoms with E-state index in [1.165, 1.54) is 37.8 Å². The molecule has 0 aliphatic carbocycles. The van der Waals surface area contributed by atoms with Gasteiger partial charge in [0.05, 0.1) is 11.6 Å². The quantitative estimate of drug-likeness (QED) is 0.520. The number of methoxy groups -OCH3 is 1. The van der Waals surface area contributed by atoms with Crippen molar-refractivity contribution < 1.29 is 32.0 Å². The predicted octanol–water partition coefficient (Wildman–Crippen LogP) is 3.35. The van der Waals surface area contributed by atoms with Crippen LogP contribution in [0, 0.1) is 0 Å².